The van der Waals surface area contributed by atoms with Crippen LogP contribution in [0.4, 0.5) is 0 Å². The smallest absolute Gasteiger partial charge is 0.347 e. The Balaban J connectivity index is 2.37. The van der Waals surface area contributed by atoms with Crippen LogP contribution in [0.25, 0.3) is 0 Å². The second kappa shape index (κ2) is 36.3. The number of nitrogens with two attached hydrogens (primary N) is 1. The number of nitrogens with zero attached hydrogens (tertiary/aromatic N) is 1. The number of phosphoric ester groups is 1. The van der Waals surface area contributed by atoms with Crippen molar-refractivity contribution in [3.05, 3.63) is 48.6 Å². The number of ether oxygens (including phenoxy) is 2. The first kappa shape index (κ1) is 50.9. The second-order valence-electron chi connectivity index (χ2n) is 15.3. The molecule has 316 valence electrons. The minimum absolute atomic E-state index is 0.0106. The van der Waals surface area contributed by atoms with Crippen molar-refractivity contribution in [1.82, 2.24) is 4.90 Å². The summed E-state index contributed by atoms with van der Waals surface area (Å²) in [6.45, 7) is 6.50. The van der Waals surface area contributed by atoms with Crippen LogP contribution in [0.1, 0.15) is 181 Å². The molecular weight excluding hydrogens is 695 g/mol. The average Bonchev–Trinajstić information content (AvgIpc) is 3.55. The maximum atomic E-state index is 11.9. The topological polar surface area (TPSA) is 103 Å². The predicted molar refractivity (Wildman–Crippen MR) is 230 cm³/mol. The van der Waals surface area contributed by atoms with Crippen LogP contribution in [0.2, 0.25) is 0 Å². The van der Waals surface area contributed by atoms with Gasteiger partial charge in [-0.05, 0) is 84.1 Å². The van der Waals surface area contributed by atoms with Crippen molar-refractivity contribution < 1.29 is 28.0 Å². The molecule has 9 heteroatoms. The van der Waals surface area contributed by atoms with Gasteiger partial charge in [-0.3, -0.25) is 9.05 Å². The summed E-state index contributed by atoms with van der Waals surface area (Å²) in [6, 6.07) is 0. The zero-order chi connectivity index (χ0) is 39.3. The fraction of sp³-hybridized carbons (Fsp3) is 0.822. The van der Waals surface area contributed by atoms with Crippen LogP contribution in [0.15, 0.2) is 48.6 Å². The van der Waals surface area contributed by atoms with Crippen molar-refractivity contribution in [1.29, 1.82) is 0 Å². The molecule has 0 bridgehead atoms. The molecule has 1 saturated heterocycles. The average molecular weight is 781 g/mol. The third-order valence-electron chi connectivity index (χ3n) is 10.0. The van der Waals surface area contributed by atoms with Gasteiger partial charge in [0.05, 0.1) is 25.9 Å². The summed E-state index contributed by atoms with van der Waals surface area (Å²) in [6.07, 6.45) is 50.2. The Labute approximate surface area is 333 Å². The van der Waals surface area contributed by atoms with Crippen molar-refractivity contribution in [2.24, 2.45) is 5.73 Å². The van der Waals surface area contributed by atoms with Crippen LogP contribution in [-0.2, 0) is 23.1 Å². The summed E-state index contributed by atoms with van der Waals surface area (Å²) in [5.74, 6) is -0.497. The van der Waals surface area contributed by atoms with Crippen molar-refractivity contribution >= 4 is 7.82 Å². The van der Waals surface area contributed by atoms with E-state index in [1.165, 1.54) is 128 Å². The van der Waals surface area contributed by atoms with E-state index in [0.717, 1.165) is 38.5 Å². The summed E-state index contributed by atoms with van der Waals surface area (Å²) in [5.41, 5.74) is 5.36. The number of phosphoric acid groups is 1. The summed E-state index contributed by atoms with van der Waals surface area (Å²) in [5, 5.41) is 0. The number of hydrogen-bond acceptors (Lipinski definition) is 7. The molecule has 1 unspecified atom stereocenters. The van der Waals surface area contributed by atoms with Gasteiger partial charge in [-0.15, -0.1) is 0 Å². The fourth-order valence-corrected chi connectivity index (χ4v) is 7.54. The van der Waals surface area contributed by atoms with Crippen LogP contribution in [-0.4, -0.2) is 68.2 Å². The lowest BCUT2D eigenvalue weighted by Crippen LogP contribution is -2.36. The molecule has 0 aromatic rings. The fourth-order valence-electron chi connectivity index (χ4n) is 6.82. The first-order chi connectivity index (χ1) is 26.4. The van der Waals surface area contributed by atoms with Crippen LogP contribution in [0.3, 0.4) is 0 Å². The van der Waals surface area contributed by atoms with Crippen LogP contribution >= 0.6 is 7.82 Å². The molecule has 1 aliphatic rings. The standard InChI is InChI=1S/C45H85N2O6P/c1-4-6-8-10-12-14-16-18-20-22-24-26-28-30-32-34-36-45(37-35-33-31-29-27-25-23-21-19-17-15-13-11-9-7-5-2)50-43-44(53-45)42-47(3)39-41-52-54(48,49)51-40-38-46/h12-15,18-21,44H,4-11,16-17,22-43,46H2,1-3H3,(H,48,49)/b14-12-,15-13-,20-18-,21-19-/t44-/m0/s1. The normalized spacial score (nSPS) is 17.4. The number of rotatable bonds is 39. The highest BCUT2D eigenvalue weighted by Crippen LogP contribution is 2.42. The van der Waals surface area contributed by atoms with Crippen molar-refractivity contribution in [3.8, 4) is 0 Å². The van der Waals surface area contributed by atoms with Gasteiger partial charge in [0.1, 0.15) is 0 Å². The van der Waals surface area contributed by atoms with Gasteiger partial charge >= 0.3 is 7.82 Å². The molecule has 54 heavy (non-hydrogen) atoms. The molecule has 0 amide bonds. The van der Waals surface area contributed by atoms with Gasteiger partial charge in [0.2, 0.25) is 0 Å². The Hall–Kier alpha value is -1.09. The SMILES string of the molecule is CCCCC/C=C\C/C=C\CCCCCCCCC1(CCCCCCCC/C=C\C/C=C\CCCCC)OC[C@H](CN(C)CCOP(=O)(O)OCCN)O1. The number of unbranched alkanes of at least 4 members (excludes halogenated alkanes) is 18. The van der Waals surface area contributed by atoms with Crippen LogP contribution in [0, 0.1) is 0 Å². The van der Waals surface area contributed by atoms with Gasteiger partial charge in [0.15, 0.2) is 5.79 Å². The molecule has 0 radical (unpaired) electrons. The molecule has 1 heterocycles. The van der Waals surface area contributed by atoms with Gasteiger partial charge in [0.25, 0.3) is 0 Å². The third kappa shape index (κ3) is 31.0. The van der Waals surface area contributed by atoms with E-state index in [9.17, 15) is 9.46 Å². The van der Waals surface area contributed by atoms with E-state index in [1.54, 1.807) is 0 Å². The summed E-state index contributed by atoms with van der Waals surface area (Å²) in [7, 11) is -2.09. The van der Waals surface area contributed by atoms with Gasteiger partial charge in [-0.25, -0.2) is 4.57 Å². The summed E-state index contributed by atoms with van der Waals surface area (Å²) in [4.78, 5) is 11.8. The van der Waals surface area contributed by atoms with E-state index < -0.39 is 13.6 Å². The van der Waals surface area contributed by atoms with Gasteiger partial charge in [-0.1, -0.05) is 140 Å². The van der Waals surface area contributed by atoms with Crippen molar-refractivity contribution in [2.75, 3.05) is 46.5 Å². The number of hydrogen-bond donors (Lipinski definition) is 2. The molecule has 0 aromatic carbocycles. The quantitative estimate of drug-likeness (QED) is 0.0361. The molecule has 1 rings (SSSR count). The van der Waals surface area contributed by atoms with E-state index in [2.05, 4.69) is 67.4 Å². The molecular formula is C45H85N2O6P. The lowest BCUT2D eigenvalue weighted by molar-refractivity contribution is -0.180. The second-order valence-corrected chi connectivity index (χ2v) is 16.8. The lowest BCUT2D eigenvalue weighted by atomic mass is 9.98. The Morgan fingerprint density at radius 3 is 1.56 bits per heavy atom. The largest absolute Gasteiger partial charge is 0.472 e. The summed E-state index contributed by atoms with van der Waals surface area (Å²) >= 11 is 0. The highest BCUT2D eigenvalue weighted by molar-refractivity contribution is 7.47. The number of likely N-dealkylation sites (N-methyl/N-ethyl adjacent to an activating group) is 1. The van der Waals surface area contributed by atoms with Crippen LogP contribution in [0.5, 0.6) is 0 Å². The number of allylic oxidation sites excluding steroid dienone is 8. The van der Waals surface area contributed by atoms with E-state index >= 15 is 0 Å². The zero-order valence-electron chi connectivity index (χ0n) is 35.3. The molecule has 1 aliphatic heterocycles. The first-order valence-electron chi connectivity index (χ1n) is 22.3. The Morgan fingerprint density at radius 1 is 0.667 bits per heavy atom. The molecule has 0 saturated carbocycles. The molecule has 1 fully saturated rings. The zero-order valence-corrected chi connectivity index (χ0v) is 36.2. The van der Waals surface area contributed by atoms with Gasteiger partial charge < -0.3 is 25.0 Å². The Kier molecular flexibility index (Phi) is 34.2. The van der Waals surface area contributed by atoms with E-state index in [4.69, 9.17) is 24.3 Å². The maximum absolute atomic E-state index is 11.9. The highest BCUT2D eigenvalue weighted by Gasteiger charge is 2.40. The maximum Gasteiger partial charge on any atom is 0.472 e. The minimum Gasteiger partial charge on any atom is -0.347 e. The molecule has 3 N–H and O–H groups in total. The van der Waals surface area contributed by atoms with Gasteiger partial charge in [0, 0.05) is 32.5 Å². The third-order valence-corrected chi connectivity index (χ3v) is 11.1. The first-order valence-corrected chi connectivity index (χ1v) is 23.8. The molecule has 0 spiro atoms. The molecule has 0 aliphatic carbocycles. The van der Waals surface area contributed by atoms with Gasteiger partial charge in [-0.2, -0.15) is 0 Å². The monoisotopic (exact) mass is 781 g/mol. The van der Waals surface area contributed by atoms with E-state index in [1.807, 2.05) is 7.05 Å². The molecule has 2 atom stereocenters. The van der Waals surface area contributed by atoms with E-state index in [0.29, 0.717) is 19.7 Å². The summed E-state index contributed by atoms with van der Waals surface area (Å²) < 4.78 is 35.0. The Bertz CT molecular complexity index is 955. The highest BCUT2D eigenvalue weighted by atomic mass is 31.2. The predicted octanol–water partition coefficient (Wildman–Crippen LogP) is 12.5. The van der Waals surface area contributed by atoms with E-state index in [-0.39, 0.29) is 25.9 Å². The minimum atomic E-state index is -4.07. The van der Waals surface area contributed by atoms with Crippen LogP contribution < -0.4 is 5.73 Å². The lowest BCUT2D eigenvalue weighted by Gasteiger charge is -2.29. The van der Waals surface area contributed by atoms with Crippen molar-refractivity contribution in [3.63, 3.8) is 0 Å². The molecule has 8 nitrogen and oxygen atoms in total. The Morgan fingerprint density at radius 2 is 1.09 bits per heavy atom. The molecule has 0 aromatic heterocycles. The van der Waals surface area contributed by atoms with Crippen molar-refractivity contribution in [2.45, 2.75) is 193 Å².